The van der Waals surface area contributed by atoms with Crippen LogP contribution in [0, 0.1) is 19.3 Å². The average molecular weight is 234 g/mol. The maximum Gasteiger partial charge on any atom is 0.128 e. The Morgan fingerprint density at radius 3 is 2.59 bits per heavy atom. The summed E-state index contributed by atoms with van der Waals surface area (Å²) in [5.41, 5.74) is 2.44. The number of rotatable bonds is 0. The fraction of sp³-hybridized carbons (Fsp3) is 0.571. The van der Waals surface area contributed by atoms with Gasteiger partial charge in [-0.1, -0.05) is 6.42 Å². The average Bonchev–Trinajstić information content (AvgIpc) is 2.26. The third kappa shape index (κ3) is 1.32. The minimum absolute atomic E-state index is 0.0961. The van der Waals surface area contributed by atoms with Gasteiger partial charge in [0.15, 0.2) is 0 Å². The molecule has 3 rings (SSSR count). The molecule has 17 heavy (non-hydrogen) atoms. The molecule has 1 aliphatic heterocycles. The molecule has 1 atom stereocenters. The Labute approximate surface area is 101 Å². The predicted octanol–water partition coefficient (Wildman–Crippen LogP) is 2.61. The number of benzene rings is 1. The molecule has 1 fully saturated rings. The first-order valence-electron chi connectivity index (χ1n) is 6.19. The van der Waals surface area contributed by atoms with Gasteiger partial charge in [-0.05, 0) is 43.9 Å². The van der Waals surface area contributed by atoms with Gasteiger partial charge in [-0.15, -0.1) is 0 Å². The normalized spacial score (nSPS) is 25.0. The highest BCUT2D eigenvalue weighted by molar-refractivity contribution is 5.54. The van der Waals surface area contributed by atoms with E-state index in [1.807, 2.05) is 13.8 Å². The van der Waals surface area contributed by atoms with Gasteiger partial charge < -0.3 is 14.9 Å². The molecular formula is C14H18O3. The van der Waals surface area contributed by atoms with E-state index < -0.39 is 6.10 Å². The van der Waals surface area contributed by atoms with Crippen molar-refractivity contribution in [3.63, 3.8) is 0 Å². The molecule has 1 spiro atoms. The van der Waals surface area contributed by atoms with Gasteiger partial charge in [-0.3, -0.25) is 0 Å². The highest BCUT2D eigenvalue weighted by Gasteiger charge is 2.48. The number of aliphatic hydroxyl groups is 1. The molecule has 0 saturated heterocycles. The summed E-state index contributed by atoms with van der Waals surface area (Å²) in [5.74, 6) is 1.02. The van der Waals surface area contributed by atoms with Crippen LogP contribution in [0.4, 0.5) is 0 Å². The van der Waals surface area contributed by atoms with E-state index in [1.54, 1.807) is 6.07 Å². The summed E-state index contributed by atoms with van der Waals surface area (Å²) in [6, 6.07) is 1.67. The monoisotopic (exact) mass is 234 g/mol. The first kappa shape index (κ1) is 10.9. The molecule has 1 heterocycles. The summed E-state index contributed by atoms with van der Waals surface area (Å²) in [4.78, 5) is 0. The van der Waals surface area contributed by atoms with Gasteiger partial charge in [0.1, 0.15) is 11.5 Å². The standard InChI is InChI=1S/C14H18O3/c1-8-9(2)12-10(6-11(8)15)13(16)14(7-17-12)4-3-5-14/h6,13,15-16H,3-5,7H2,1-2H3. The smallest absolute Gasteiger partial charge is 0.128 e. The van der Waals surface area contributed by atoms with E-state index in [0.717, 1.165) is 41.7 Å². The highest BCUT2D eigenvalue weighted by Crippen LogP contribution is 2.56. The van der Waals surface area contributed by atoms with Crippen LogP contribution in [0.15, 0.2) is 6.07 Å². The van der Waals surface area contributed by atoms with E-state index in [-0.39, 0.29) is 11.2 Å². The van der Waals surface area contributed by atoms with Crippen LogP contribution in [0.5, 0.6) is 11.5 Å². The minimum atomic E-state index is -0.495. The van der Waals surface area contributed by atoms with Gasteiger partial charge in [0.25, 0.3) is 0 Å². The fourth-order valence-electron chi connectivity index (χ4n) is 2.97. The third-order valence-electron chi connectivity index (χ3n) is 4.57. The van der Waals surface area contributed by atoms with Gasteiger partial charge in [0.05, 0.1) is 12.7 Å². The number of hydrogen-bond donors (Lipinski definition) is 2. The molecular weight excluding hydrogens is 216 g/mol. The van der Waals surface area contributed by atoms with Crippen LogP contribution in [0.1, 0.15) is 42.1 Å². The number of fused-ring (bicyclic) bond motifs is 1. The molecule has 1 aromatic rings. The van der Waals surface area contributed by atoms with Crippen LogP contribution in [0.2, 0.25) is 0 Å². The maximum atomic E-state index is 10.5. The molecule has 3 heteroatoms. The Bertz CT molecular complexity index is 475. The van der Waals surface area contributed by atoms with E-state index in [2.05, 4.69) is 0 Å². The lowest BCUT2D eigenvalue weighted by Gasteiger charge is -2.48. The van der Waals surface area contributed by atoms with Crippen molar-refractivity contribution in [2.24, 2.45) is 5.41 Å². The molecule has 0 radical (unpaired) electrons. The second-order valence-electron chi connectivity index (χ2n) is 5.47. The predicted molar refractivity (Wildman–Crippen MR) is 64.3 cm³/mol. The molecule has 3 nitrogen and oxygen atoms in total. The molecule has 0 bridgehead atoms. The second kappa shape index (κ2) is 3.39. The van der Waals surface area contributed by atoms with Crippen LogP contribution in [-0.4, -0.2) is 16.8 Å². The summed E-state index contributed by atoms with van der Waals surface area (Å²) in [7, 11) is 0. The van der Waals surface area contributed by atoms with Crippen molar-refractivity contribution in [2.75, 3.05) is 6.61 Å². The lowest BCUT2D eigenvalue weighted by Crippen LogP contribution is -2.44. The Hall–Kier alpha value is -1.22. The molecule has 0 aromatic heterocycles. The largest absolute Gasteiger partial charge is 0.508 e. The van der Waals surface area contributed by atoms with Crippen LogP contribution >= 0.6 is 0 Å². The SMILES string of the molecule is Cc1c(O)cc2c(c1C)OCC1(CCC1)C2O. The van der Waals surface area contributed by atoms with Gasteiger partial charge in [0.2, 0.25) is 0 Å². The van der Waals surface area contributed by atoms with Crippen LogP contribution in [-0.2, 0) is 0 Å². The number of aromatic hydroxyl groups is 1. The van der Waals surface area contributed by atoms with Crippen LogP contribution in [0.3, 0.4) is 0 Å². The Kier molecular flexibility index (Phi) is 2.17. The summed E-state index contributed by atoms with van der Waals surface area (Å²) >= 11 is 0. The van der Waals surface area contributed by atoms with Crippen molar-refractivity contribution in [1.29, 1.82) is 0 Å². The summed E-state index contributed by atoms with van der Waals surface area (Å²) in [5, 5.41) is 20.3. The van der Waals surface area contributed by atoms with Crippen molar-refractivity contribution in [1.82, 2.24) is 0 Å². The van der Waals surface area contributed by atoms with Crippen molar-refractivity contribution in [2.45, 2.75) is 39.2 Å². The van der Waals surface area contributed by atoms with Crippen molar-refractivity contribution < 1.29 is 14.9 Å². The molecule has 1 aliphatic carbocycles. The van der Waals surface area contributed by atoms with Crippen molar-refractivity contribution in [3.05, 3.63) is 22.8 Å². The minimum Gasteiger partial charge on any atom is -0.508 e. The molecule has 92 valence electrons. The number of phenolic OH excluding ortho intramolecular Hbond substituents is 1. The Morgan fingerprint density at radius 1 is 1.29 bits per heavy atom. The zero-order valence-electron chi connectivity index (χ0n) is 10.3. The summed E-state index contributed by atoms with van der Waals surface area (Å²) < 4.78 is 5.85. The van der Waals surface area contributed by atoms with Gasteiger partial charge >= 0.3 is 0 Å². The van der Waals surface area contributed by atoms with E-state index in [9.17, 15) is 10.2 Å². The van der Waals surface area contributed by atoms with Gasteiger partial charge in [-0.25, -0.2) is 0 Å². The number of ether oxygens (including phenoxy) is 1. The molecule has 1 saturated carbocycles. The lowest BCUT2D eigenvalue weighted by atomic mass is 9.63. The second-order valence-corrected chi connectivity index (χ2v) is 5.47. The van der Waals surface area contributed by atoms with Crippen LogP contribution < -0.4 is 4.74 Å². The van der Waals surface area contributed by atoms with Gasteiger partial charge in [-0.2, -0.15) is 0 Å². The molecule has 1 aromatic carbocycles. The Morgan fingerprint density at radius 2 is 2.00 bits per heavy atom. The topological polar surface area (TPSA) is 49.7 Å². The number of hydrogen-bond acceptors (Lipinski definition) is 3. The van der Waals surface area contributed by atoms with E-state index >= 15 is 0 Å². The molecule has 2 aliphatic rings. The Balaban J connectivity index is 2.12. The zero-order valence-corrected chi connectivity index (χ0v) is 10.3. The highest BCUT2D eigenvalue weighted by atomic mass is 16.5. The van der Waals surface area contributed by atoms with Gasteiger partial charge in [0, 0.05) is 11.0 Å². The first-order valence-corrected chi connectivity index (χ1v) is 6.19. The van der Waals surface area contributed by atoms with E-state index in [1.165, 1.54) is 0 Å². The quantitative estimate of drug-likeness (QED) is 0.725. The fourth-order valence-corrected chi connectivity index (χ4v) is 2.97. The summed E-state index contributed by atoms with van der Waals surface area (Å²) in [6.07, 6.45) is 2.69. The number of phenols is 1. The van der Waals surface area contributed by atoms with E-state index in [0.29, 0.717) is 6.61 Å². The van der Waals surface area contributed by atoms with Crippen LogP contribution in [0.25, 0.3) is 0 Å². The zero-order chi connectivity index (χ0) is 12.2. The first-order chi connectivity index (χ1) is 8.05. The maximum absolute atomic E-state index is 10.5. The van der Waals surface area contributed by atoms with Crippen molar-refractivity contribution >= 4 is 0 Å². The van der Waals surface area contributed by atoms with Crippen molar-refractivity contribution in [3.8, 4) is 11.5 Å². The van der Waals surface area contributed by atoms with E-state index in [4.69, 9.17) is 4.74 Å². The number of aliphatic hydroxyl groups excluding tert-OH is 1. The molecule has 0 amide bonds. The lowest BCUT2D eigenvalue weighted by molar-refractivity contribution is -0.0834. The molecule has 2 N–H and O–H groups in total. The third-order valence-corrected chi connectivity index (χ3v) is 4.57. The summed E-state index contributed by atoms with van der Waals surface area (Å²) in [6.45, 7) is 4.40. The molecule has 1 unspecified atom stereocenters.